The van der Waals surface area contributed by atoms with Gasteiger partial charge < -0.3 is 88.2 Å². The highest BCUT2D eigenvalue weighted by Crippen LogP contribution is 2.43. The normalized spacial score (nSPS) is 32.6. The molecule has 23 nitrogen and oxygen atoms in total. The summed E-state index contributed by atoms with van der Waals surface area (Å²) < 4.78 is 56.1. The number of hydrogen-bond acceptors (Lipinski definition) is 23. The number of phenols is 3. The van der Waals surface area contributed by atoms with E-state index < -0.39 is 156 Å². The maximum atomic E-state index is 14.0. The topological polar surface area (TPSA) is 339 Å². The number of ether oxygens (including phenoxy) is 10. The van der Waals surface area contributed by atoms with Gasteiger partial charge in [-0.2, -0.15) is 0 Å². The molecule has 0 unspecified atom stereocenters. The number of benzene rings is 2. The Morgan fingerprint density at radius 3 is 2.11 bits per heavy atom. The molecule has 4 heterocycles. The third-order valence-corrected chi connectivity index (χ3v) is 10.5. The van der Waals surface area contributed by atoms with E-state index in [1.165, 1.54) is 18.2 Å². The van der Waals surface area contributed by atoms with Crippen LogP contribution in [0.2, 0.25) is 0 Å². The lowest BCUT2D eigenvalue weighted by Crippen LogP contribution is -2.64. The highest BCUT2D eigenvalue weighted by atomic mass is 16.8. The fourth-order valence-corrected chi connectivity index (χ4v) is 7.24. The molecule has 0 bridgehead atoms. The van der Waals surface area contributed by atoms with E-state index in [0.717, 1.165) is 44.4 Å². The lowest BCUT2D eigenvalue weighted by Gasteiger charge is -2.48. The summed E-state index contributed by atoms with van der Waals surface area (Å²) in [4.78, 5) is 65.3. The summed E-state index contributed by atoms with van der Waals surface area (Å²) in [6, 6.07) is 6.64. The molecule has 23 heteroatoms. The zero-order chi connectivity index (χ0) is 45.9. The van der Waals surface area contributed by atoms with Crippen molar-refractivity contribution in [2.75, 3.05) is 19.8 Å². The van der Waals surface area contributed by atoms with Gasteiger partial charge in [0.2, 0.25) is 18.9 Å². The Labute approximate surface area is 356 Å². The minimum Gasteiger partial charge on any atom is -0.504 e. The smallest absolute Gasteiger partial charge is 0.342 e. The van der Waals surface area contributed by atoms with Gasteiger partial charge >= 0.3 is 29.8 Å². The third-order valence-electron chi connectivity index (χ3n) is 10.5. The van der Waals surface area contributed by atoms with Crippen molar-refractivity contribution >= 4 is 29.8 Å². The second-order valence-electron chi connectivity index (χ2n) is 14.5. The first-order valence-electron chi connectivity index (χ1n) is 19.1. The number of esters is 5. The molecule has 0 spiro atoms. The molecule has 6 rings (SSSR count). The molecule has 8 N–H and O–H groups in total. The molecule has 4 aliphatic heterocycles. The Hall–Kier alpha value is -6.05. The number of para-hydroxylation sites is 2. The van der Waals surface area contributed by atoms with E-state index in [9.17, 15) is 64.8 Å². The van der Waals surface area contributed by atoms with Crippen LogP contribution in [0.4, 0.5) is 0 Å². The lowest BCUT2D eigenvalue weighted by atomic mass is 9.76. The molecular weight excluding hydrogens is 848 g/mol. The number of aliphatic hydroxyl groups is 5. The summed E-state index contributed by atoms with van der Waals surface area (Å²) in [7, 11) is 0. The average Bonchev–Trinajstić information content (AvgIpc) is 3.23. The number of carbonyl (C=O) groups excluding carboxylic acids is 5. The summed E-state index contributed by atoms with van der Waals surface area (Å²) in [5.74, 6) is -10.0. The van der Waals surface area contributed by atoms with E-state index in [4.69, 9.17) is 47.4 Å². The fraction of sp³-hybridized carbons (Fsp3) is 0.475. The maximum absolute atomic E-state index is 14.0. The molecule has 0 aliphatic carbocycles. The highest BCUT2D eigenvalue weighted by Gasteiger charge is 2.58. The Balaban J connectivity index is 1.38. The second-order valence-corrected chi connectivity index (χ2v) is 14.5. The number of carbonyl (C=O) groups is 5. The Morgan fingerprint density at radius 1 is 0.810 bits per heavy atom. The summed E-state index contributed by atoms with van der Waals surface area (Å²) >= 11 is 0. The highest BCUT2D eigenvalue weighted by molar-refractivity contribution is 5.94. The fourth-order valence-electron chi connectivity index (χ4n) is 7.24. The van der Waals surface area contributed by atoms with E-state index in [1.54, 1.807) is 0 Å². The van der Waals surface area contributed by atoms with Crippen molar-refractivity contribution in [3.8, 4) is 23.0 Å². The molecule has 3 saturated heterocycles. The van der Waals surface area contributed by atoms with E-state index in [0.29, 0.717) is 0 Å². The van der Waals surface area contributed by atoms with Gasteiger partial charge in [-0.25, -0.2) is 14.4 Å². The minimum atomic E-state index is -2.05. The van der Waals surface area contributed by atoms with E-state index in [-0.39, 0.29) is 18.6 Å². The van der Waals surface area contributed by atoms with Crippen LogP contribution in [0.1, 0.15) is 41.0 Å². The number of cyclic esters (lactones) is 1. The Kier molecular flexibility index (Phi) is 14.1. The first-order chi connectivity index (χ1) is 29.9. The summed E-state index contributed by atoms with van der Waals surface area (Å²) in [5, 5.41) is 84.0. The van der Waals surface area contributed by atoms with Crippen LogP contribution in [-0.4, -0.2) is 164 Å². The van der Waals surface area contributed by atoms with E-state index in [1.807, 2.05) is 0 Å². The van der Waals surface area contributed by atoms with Crippen molar-refractivity contribution in [2.45, 2.75) is 93.6 Å². The van der Waals surface area contributed by atoms with Gasteiger partial charge in [0.15, 0.2) is 41.3 Å². The van der Waals surface area contributed by atoms with Crippen molar-refractivity contribution in [3.63, 3.8) is 0 Å². The number of aromatic hydroxyl groups is 3. The first-order valence-corrected chi connectivity index (χ1v) is 19.1. The molecule has 0 saturated carbocycles. The van der Waals surface area contributed by atoms with Crippen LogP contribution in [0.5, 0.6) is 23.0 Å². The molecule has 0 radical (unpaired) electrons. The molecule has 2 aromatic carbocycles. The van der Waals surface area contributed by atoms with Crippen LogP contribution in [-0.2, 0) is 57.0 Å². The van der Waals surface area contributed by atoms with E-state index >= 15 is 0 Å². The summed E-state index contributed by atoms with van der Waals surface area (Å²) in [6.07, 6.45) is -18.1. The number of fused-ring (bicyclic) bond motifs is 1. The monoisotopic (exact) mass is 892 g/mol. The molecule has 0 amide bonds. The molecular formula is C40H44O23. The lowest BCUT2D eigenvalue weighted by molar-refractivity contribution is -0.343. The van der Waals surface area contributed by atoms with Crippen LogP contribution in [0, 0.1) is 5.92 Å². The number of phenolic OH excluding ortho intramolecular Hbond substituents is 3. The van der Waals surface area contributed by atoms with Gasteiger partial charge in [-0.3, -0.25) is 9.59 Å². The predicted molar refractivity (Wildman–Crippen MR) is 200 cm³/mol. The largest absolute Gasteiger partial charge is 0.504 e. The molecule has 2 aromatic rings. The second kappa shape index (κ2) is 19.1. The number of hydrogen-bond donors (Lipinski definition) is 8. The molecule has 13 atom stereocenters. The van der Waals surface area contributed by atoms with Crippen LogP contribution in [0.25, 0.3) is 0 Å². The van der Waals surface area contributed by atoms with Crippen molar-refractivity contribution in [2.24, 2.45) is 5.92 Å². The van der Waals surface area contributed by atoms with Gasteiger partial charge in [-0.15, -0.1) is 6.58 Å². The quantitative estimate of drug-likeness (QED) is 0.0501. The summed E-state index contributed by atoms with van der Waals surface area (Å²) in [6.45, 7) is 3.89. The first kappa shape index (κ1) is 46.5. The third kappa shape index (κ3) is 9.50. The van der Waals surface area contributed by atoms with Crippen LogP contribution in [0.3, 0.4) is 0 Å². The van der Waals surface area contributed by atoms with Gasteiger partial charge in [0.25, 0.3) is 0 Å². The van der Waals surface area contributed by atoms with Crippen molar-refractivity contribution in [1.82, 2.24) is 0 Å². The SMILES string of the molecule is C=C[C@H]1[C@H](O[C@@H]2O[C@H](COC(C)=O)[C@@H](OC(=O)c3cccc(O[C@@H]4O[C@H](CO)[C@@H](O)[C@H](O)[C@H]4O)c3O)[C@H](OC(C)=O)[C@H]2OC(=O)c2cccc(O)c2O)OC=C2C(=O)OCC[C@]21O. The number of aliphatic hydroxyl groups excluding tert-OH is 4. The molecule has 4 aliphatic rings. The van der Waals surface area contributed by atoms with Gasteiger partial charge in [0, 0.05) is 20.3 Å². The molecule has 342 valence electrons. The molecule has 3 fully saturated rings. The Morgan fingerprint density at radius 2 is 1.46 bits per heavy atom. The zero-order valence-corrected chi connectivity index (χ0v) is 33.3. The van der Waals surface area contributed by atoms with Crippen LogP contribution >= 0.6 is 0 Å². The predicted octanol–water partition coefficient (Wildman–Crippen LogP) is -1.31. The van der Waals surface area contributed by atoms with E-state index in [2.05, 4.69) is 6.58 Å². The Bertz CT molecular complexity index is 2100. The van der Waals surface area contributed by atoms with Gasteiger partial charge in [-0.1, -0.05) is 18.2 Å². The van der Waals surface area contributed by atoms with Gasteiger partial charge in [0.05, 0.1) is 25.4 Å². The number of rotatable bonds is 13. The van der Waals surface area contributed by atoms with Crippen molar-refractivity contribution in [1.29, 1.82) is 0 Å². The minimum absolute atomic E-state index is 0.143. The standard InChI is InChI=1S/C40H44O23/c1-4-20-37(56-14-21-36(52)54-12-11-40(20,21)53)63-39-33(62-34(50)18-7-5-9-22(44)26(18)45)32(57-17(3)43)31(25(60-39)15-55-16(2)42)61-35(51)19-8-6-10-23(27(19)46)58-38-30(49)29(48)28(47)24(13-41)59-38/h4-10,14,20,24-25,28-33,37-39,41,44-49,53H,1,11-13,15H2,2-3H3/t20-,24+,25+,28+,29-,30+,31+,32-,33+,37-,38+,39-,40+/m0/s1. The zero-order valence-electron chi connectivity index (χ0n) is 33.3. The maximum Gasteiger partial charge on any atom is 0.342 e. The summed E-state index contributed by atoms with van der Waals surface area (Å²) in [5.41, 5.74) is -3.52. The van der Waals surface area contributed by atoms with Crippen LogP contribution in [0.15, 0.2) is 60.9 Å². The average molecular weight is 893 g/mol. The van der Waals surface area contributed by atoms with Crippen LogP contribution < -0.4 is 4.74 Å². The molecule has 0 aromatic heterocycles. The van der Waals surface area contributed by atoms with Gasteiger partial charge in [-0.05, 0) is 24.3 Å². The van der Waals surface area contributed by atoms with Crippen molar-refractivity contribution < 1.29 is 112 Å². The van der Waals surface area contributed by atoms with Gasteiger partial charge in [0.1, 0.15) is 59.4 Å². The molecule has 63 heavy (non-hydrogen) atoms. The van der Waals surface area contributed by atoms with Crippen molar-refractivity contribution in [3.05, 3.63) is 72.0 Å².